The third-order valence-electron chi connectivity index (χ3n) is 4.82. The van der Waals surface area contributed by atoms with E-state index < -0.39 is 0 Å². The molecule has 100 valence electrons. The van der Waals surface area contributed by atoms with Crippen LogP contribution in [-0.2, 0) is 4.74 Å². The molecule has 2 saturated carbocycles. The zero-order chi connectivity index (χ0) is 12.1. The minimum Gasteiger partial charge on any atom is -0.370 e. The van der Waals surface area contributed by atoms with E-state index in [-0.39, 0.29) is 5.60 Å². The van der Waals surface area contributed by atoms with Gasteiger partial charge in [-0.25, -0.2) is 0 Å². The molecule has 2 heteroatoms. The van der Waals surface area contributed by atoms with Gasteiger partial charge in [-0.3, -0.25) is 0 Å². The molecule has 0 aromatic rings. The lowest BCUT2D eigenvalue weighted by Gasteiger charge is -2.40. The van der Waals surface area contributed by atoms with E-state index >= 15 is 0 Å². The fourth-order valence-corrected chi connectivity index (χ4v) is 3.52. The molecule has 0 bridgehead atoms. The second-order valence-electron chi connectivity index (χ2n) is 6.22. The van der Waals surface area contributed by atoms with E-state index in [2.05, 4.69) is 6.92 Å². The van der Waals surface area contributed by atoms with E-state index in [9.17, 15) is 0 Å². The van der Waals surface area contributed by atoms with Crippen molar-refractivity contribution < 1.29 is 4.74 Å². The third-order valence-corrected chi connectivity index (χ3v) is 4.82. The normalized spacial score (nSPS) is 34.2. The molecule has 2 unspecified atom stereocenters. The van der Waals surface area contributed by atoms with Crippen molar-refractivity contribution in [1.82, 2.24) is 0 Å². The molecule has 2 fully saturated rings. The number of ether oxygens (including phenoxy) is 1. The van der Waals surface area contributed by atoms with Crippen LogP contribution in [0.2, 0.25) is 0 Å². The summed E-state index contributed by atoms with van der Waals surface area (Å²) in [6.07, 6.45) is 13.5. The van der Waals surface area contributed by atoms with Crippen LogP contribution in [0.25, 0.3) is 0 Å². The molecule has 2 atom stereocenters. The topological polar surface area (TPSA) is 35.2 Å². The lowest BCUT2D eigenvalue weighted by molar-refractivity contribution is -0.125. The van der Waals surface area contributed by atoms with Crippen molar-refractivity contribution in [3.05, 3.63) is 0 Å². The number of hydrogen-bond acceptors (Lipinski definition) is 2. The van der Waals surface area contributed by atoms with Crippen LogP contribution in [0.3, 0.4) is 0 Å². The van der Waals surface area contributed by atoms with Gasteiger partial charge < -0.3 is 10.5 Å². The summed E-state index contributed by atoms with van der Waals surface area (Å²) in [5.74, 6) is 0.732. The first-order valence-electron chi connectivity index (χ1n) is 7.64. The van der Waals surface area contributed by atoms with Gasteiger partial charge in [0.25, 0.3) is 0 Å². The predicted octanol–water partition coefficient (Wildman–Crippen LogP) is 3.63. The summed E-state index contributed by atoms with van der Waals surface area (Å²) < 4.78 is 6.54. The molecule has 0 spiro atoms. The van der Waals surface area contributed by atoms with Crippen LogP contribution in [0.4, 0.5) is 0 Å². The van der Waals surface area contributed by atoms with Gasteiger partial charge >= 0.3 is 0 Å². The Morgan fingerprint density at radius 1 is 1.00 bits per heavy atom. The molecule has 2 rings (SSSR count). The Labute approximate surface area is 106 Å². The smallest absolute Gasteiger partial charge is 0.0808 e. The van der Waals surface area contributed by atoms with Crippen molar-refractivity contribution >= 4 is 0 Å². The van der Waals surface area contributed by atoms with Gasteiger partial charge in [-0.15, -0.1) is 0 Å². The Balaban J connectivity index is 1.96. The summed E-state index contributed by atoms with van der Waals surface area (Å²) in [5, 5.41) is 0. The van der Waals surface area contributed by atoms with Gasteiger partial charge in [0, 0.05) is 6.54 Å². The Morgan fingerprint density at radius 3 is 2.24 bits per heavy atom. The molecular weight excluding hydrogens is 210 g/mol. The maximum absolute atomic E-state index is 6.54. The molecule has 2 aliphatic rings. The van der Waals surface area contributed by atoms with E-state index in [1.807, 2.05) is 0 Å². The third kappa shape index (κ3) is 3.45. The highest BCUT2D eigenvalue weighted by Crippen LogP contribution is 2.35. The lowest BCUT2D eigenvalue weighted by atomic mass is 9.86. The molecule has 17 heavy (non-hydrogen) atoms. The van der Waals surface area contributed by atoms with Gasteiger partial charge in [0.1, 0.15) is 0 Å². The molecule has 0 aromatic heterocycles. The molecular formula is C15H29NO. The lowest BCUT2D eigenvalue weighted by Crippen LogP contribution is -2.45. The van der Waals surface area contributed by atoms with E-state index in [0.717, 1.165) is 12.5 Å². The second kappa shape index (κ2) is 6.19. The summed E-state index contributed by atoms with van der Waals surface area (Å²) in [6.45, 7) is 3.07. The Kier molecular flexibility index (Phi) is 4.87. The molecule has 0 heterocycles. The largest absolute Gasteiger partial charge is 0.370 e. The standard InChI is InChI=1S/C15H29NO/c1-13-8-4-5-9-14(13)17-15(12-16)10-6-2-3-7-11-15/h13-14H,2-12,16H2,1H3. The maximum atomic E-state index is 6.54. The van der Waals surface area contributed by atoms with Crippen LogP contribution in [0.15, 0.2) is 0 Å². The van der Waals surface area contributed by atoms with Crippen molar-refractivity contribution in [2.45, 2.75) is 82.8 Å². The first kappa shape index (κ1) is 13.4. The number of rotatable bonds is 3. The van der Waals surface area contributed by atoms with Crippen molar-refractivity contribution in [2.75, 3.05) is 6.54 Å². The zero-order valence-electron chi connectivity index (χ0n) is 11.4. The molecule has 2 nitrogen and oxygen atoms in total. The van der Waals surface area contributed by atoms with Crippen molar-refractivity contribution in [3.63, 3.8) is 0 Å². The van der Waals surface area contributed by atoms with Crippen LogP contribution >= 0.6 is 0 Å². The molecule has 0 aromatic carbocycles. The van der Waals surface area contributed by atoms with Crippen LogP contribution < -0.4 is 5.73 Å². The highest BCUT2D eigenvalue weighted by atomic mass is 16.5. The van der Waals surface area contributed by atoms with Gasteiger partial charge in [-0.2, -0.15) is 0 Å². The fourth-order valence-electron chi connectivity index (χ4n) is 3.52. The van der Waals surface area contributed by atoms with E-state index in [1.165, 1.54) is 64.2 Å². The summed E-state index contributed by atoms with van der Waals surface area (Å²) in [4.78, 5) is 0. The van der Waals surface area contributed by atoms with Crippen molar-refractivity contribution in [3.8, 4) is 0 Å². The minimum absolute atomic E-state index is 0.0206. The van der Waals surface area contributed by atoms with E-state index in [1.54, 1.807) is 0 Å². The summed E-state index contributed by atoms with van der Waals surface area (Å²) in [7, 11) is 0. The van der Waals surface area contributed by atoms with E-state index in [4.69, 9.17) is 10.5 Å². The first-order chi connectivity index (χ1) is 8.26. The summed E-state index contributed by atoms with van der Waals surface area (Å²) >= 11 is 0. The van der Waals surface area contributed by atoms with Crippen molar-refractivity contribution in [2.24, 2.45) is 11.7 Å². The molecule has 0 amide bonds. The van der Waals surface area contributed by atoms with E-state index in [0.29, 0.717) is 6.10 Å². The highest BCUT2D eigenvalue weighted by Gasteiger charge is 2.35. The number of hydrogen-bond donors (Lipinski definition) is 1. The van der Waals surface area contributed by atoms with Gasteiger partial charge in [0.15, 0.2) is 0 Å². The van der Waals surface area contributed by atoms with Crippen LogP contribution in [0.1, 0.15) is 71.1 Å². The van der Waals surface area contributed by atoms with Crippen LogP contribution in [-0.4, -0.2) is 18.2 Å². The SMILES string of the molecule is CC1CCCCC1OC1(CN)CCCCCC1. The summed E-state index contributed by atoms with van der Waals surface area (Å²) in [5.41, 5.74) is 6.07. The monoisotopic (exact) mass is 239 g/mol. The first-order valence-corrected chi connectivity index (χ1v) is 7.64. The Bertz CT molecular complexity index is 221. The zero-order valence-corrected chi connectivity index (χ0v) is 11.4. The Morgan fingerprint density at radius 2 is 1.65 bits per heavy atom. The maximum Gasteiger partial charge on any atom is 0.0808 e. The van der Waals surface area contributed by atoms with Crippen molar-refractivity contribution in [1.29, 1.82) is 0 Å². The van der Waals surface area contributed by atoms with Gasteiger partial charge in [-0.1, -0.05) is 45.4 Å². The van der Waals surface area contributed by atoms with Crippen LogP contribution in [0, 0.1) is 5.92 Å². The fraction of sp³-hybridized carbons (Fsp3) is 1.00. The quantitative estimate of drug-likeness (QED) is 0.763. The minimum atomic E-state index is 0.0206. The average molecular weight is 239 g/mol. The average Bonchev–Trinajstić information content (AvgIpc) is 2.58. The Hall–Kier alpha value is -0.0800. The number of nitrogens with two attached hydrogens (primary N) is 1. The second-order valence-corrected chi connectivity index (χ2v) is 6.22. The predicted molar refractivity (Wildman–Crippen MR) is 72.0 cm³/mol. The highest BCUT2D eigenvalue weighted by molar-refractivity contribution is 4.87. The molecule has 2 aliphatic carbocycles. The molecule has 0 aliphatic heterocycles. The molecule has 2 N–H and O–H groups in total. The van der Waals surface area contributed by atoms with Gasteiger partial charge in [0.2, 0.25) is 0 Å². The molecule has 0 saturated heterocycles. The summed E-state index contributed by atoms with van der Waals surface area (Å²) in [6, 6.07) is 0. The van der Waals surface area contributed by atoms with Gasteiger partial charge in [0.05, 0.1) is 11.7 Å². The van der Waals surface area contributed by atoms with Gasteiger partial charge in [-0.05, 0) is 31.6 Å². The molecule has 0 radical (unpaired) electrons. The van der Waals surface area contributed by atoms with Crippen LogP contribution in [0.5, 0.6) is 0 Å².